The van der Waals surface area contributed by atoms with Crippen LogP contribution in [0.25, 0.3) is 0 Å². The lowest BCUT2D eigenvalue weighted by Crippen LogP contribution is -2.58. The first-order valence-corrected chi connectivity index (χ1v) is 13.5. The summed E-state index contributed by atoms with van der Waals surface area (Å²) in [6.45, 7) is 2.49. The summed E-state index contributed by atoms with van der Waals surface area (Å²) in [5, 5.41) is 8.61. The van der Waals surface area contributed by atoms with Gasteiger partial charge in [-0.15, -0.1) is 0 Å². The molecule has 5 atom stereocenters. The Hall–Kier alpha value is -3.18. The number of amides is 4. The third kappa shape index (κ3) is 7.44. The molecule has 38 heavy (non-hydrogen) atoms. The molecule has 1 aromatic rings. The van der Waals surface area contributed by atoms with Crippen LogP contribution in [0, 0.1) is 5.92 Å². The zero-order chi connectivity index (χ0) is 27.7. The topological polar surface area (TPSA) is 169 Å². The van der Waals surface area contributed by atoms with Crippen LogP contribution in [0.4, 0.5) is 0 Å². The summed E-state index contributed by atoms with van der Waals surface area (Å²) in [7, 11) is 1.62. The summed E-state index contributed by atoms with van der Waals surface area (Å²) >= 11 is 0. The molecule has 3 rings (SSSR count). The molecule has 2 heterocycles. The van der Waals surface area contributed by atoms with Crippen molar-refractivity contribution in [2.75, 3.05) is 26.7 Å². The van der Waals surface area contributed by atoms with Crippen molar-refractivity contribution in [1.29, 1.82) is 0 Å². The minimum Gasteiger partial charge on any atom is -0.497 e. The number of ether oxygens (including phenoxy) is 1. The quantitative estimate of drug-likeness (QED) is 0.249. The van der Waals surface area contributed by atoms with Crippen LogP contribution in [0.5, 0.6) is 5.75 Å². The van der Waals surface area contributed by atoms with Crippen LogP contribution >= 0.6 is 0 Å². The molecule has 2 fully saturated rings. The van der Waals surface area contributed by atoms with Crippen LogP contribution in [-0.4, -0.2) is 79.4 Å². The maximum Gasteiger partial charge on any atom is 0.246 e. The zero-order valence-electron chi connectivity index (χ0n) is 22.4. The van der Waals surface area contributed by atoms with Gasteiger partial charge in [-0.1, -0.05) is 19.1 Å². The van der Waals surface area contributed by atoms with E-state index in [1.165, 1.54) is 0 Å². The van der Waals surface area contributed by atoms with Gasteiger partial charge >= 0.3 is 0 Å². The second-order valence-electron chi connectivity index (χ2n) is 10.1. The highest BCUT2D eigenvalue weighted by molar-refractivity contribution is 5.94. The van der Waals surface area contributed by atoms with Crippen molar-refractivity contribution in [3.8, 4) is 5.75 Å². The third-order valence-corrected chi connectivity index (χ3v) is 7.64. The maximum atomic E-state index is 13.9. The molecule has 0 unspecified atom stereocenters. The van der Waals surface area contributed by atoms with Gasteiger partial charge in [0.15, 0.2) is 0 Å². The minimum atomic E-state index is -0.812. The molecule has 7 N–H and O–H groups in total. The molecule has 210 valence electrons. The number of rotatable bonds is 12. The van der Waals surface area contributed by atoms with Crippen molar-refractivity contribution >= 4 is 23.6 Å². The molecule has 0 radical (unpaired) electrons. The highest BCUT2D eigenvalue weighted by Crippen LogP contribution is 2.35. The Kier molecular flexibility index (Phi) is 10.9. The number of carbonyl (C=O) groups is 4. The van der Waals surface area contributed by atoms with Crippen LogP contribution in [0.3, 0.4) is 0 Å². The molecule has 1 aromatic carbocycles. The summed E-state index contributed by atoms with van der Waals surface area (Å²) in [6, 6.07) is 5.48. The van der Waals surface area contributed by atoms with Crippen molar-refractivity contribution in [2.24, 2.45) is 17.4 Å². The van der Waals surface area contributed by atoms with Crippen molar-refractivity contribution in [2.45, 2.75) is 76.0 Å². The number of nitrogens with two attached hydrogens (primary N) is 2. The first-order valence-electron chi connectivity index (χ1n) is 13.5. The number of hydrogen-bond acceptors (Lipinski definition) is 7. The summed E-state index contributed by atoms with van der Waals surface area (Å²) in [4.78, 5) is 53.1. The van der Waals surface area contributed by atoms with Crippen LogP contribution in [-0.2, 0) is 25.6 Å². The Morgan fingerprint density at radius 3 is 2.45 bits per heavy atom. The number of fused-ring (bicyclic) bond motifs is 1. The Bertz CT molecular complexity index is 971. The molecule has 11 heteroatoms. The van der Waals surface area contributed by atoms with E-state index in [0.717, 1.165) is 24.2 Å². The van der Waals surface area contributed by atoms with Gasteiger partial charge in [-0.2, -0.15) is 0 Å². The van der Waals surface area contributed by atoms with E-state index in [9.17, 15) is 19.2 Å². The normalized spacial score (nSPS) is 23.7. The van der Waals surface area contributed by atoms with Crippen LogP contribution in [0.15, 0.2) is 24.3 Å². The number of benzene rings is 1. The van der Waals surface area contributed by atoms with Crippen molar-refractivity contribution in [3.63, 3.8) is 0 Å². The van der Waals surface area contributed by atoms with E-state index in [-0.39, 0.29) is 42.1 Å². The molecule has 0 saturated carbocycles. The van der Waals surface area contributed by atoms with E-state index in [1.807, 2.05) is 31.2 Å². The van der Waals surface area contributed by atoms with E-state index in [4.69, 9.17) is 16.2 Å². The SMILES string of the molecule is CC[C@H](N)C(=O)N[C@@H]1C(=O)N2[C@@H](CC[C@@H]1CCNC(=O)CN)CC[C@H]2C(=O)NCCc1ccc(OC)cc1. The maximum absolute atomic E-state index is 13.9. The minimum absolute atomic E-state index is 0.0669. The predicted molar refractivity (Wildman–Crippen MR) is 143 cm³/mol. The van der Waals surface area contributed by atoms with Gasteiger partial charge in [0, 0.05) is 19.1 Å². The van der Waals surface area contributed by atoms with Crippen molar-refractivity contribution in [3.05, 3.63) is 29.8 Å². The first-order chi connectivity index (χ1) is 18.3. The van der Waals surface area contributed by atoms with E-state index in [0.29, 0.717) is 45.2 Å². The van der Waals surface area contributed by atoms with Gasteiger partial charge < -0.3 is 37.1 Å². The fraction of sp³-hybridized carbons (Fsp3) is 0.630. The molecule has 11 nitrogen and oxygen atoms in total. The molecule has 0 bridgehead atoms. The Labute approximate surface area is 224 Å². The second kappa shape index (κ2) is 14.1. The van der Waals surface area contributed by atoms with Crippen LogP contribution in [0.2, 0.25) is 0 Å². The molecule has 0 aliphatic carbocycles. The summed E-state index contributed by atoms with van der Waals surface area (Å²) in [6.07, 6.45) is 4.32. The number of methoxy groups -OCH3 is 1. The van der Waals surface area contributed by atoms with Crippen molar-refractivity contribution < 1.29 is 23.9 Å². The molecular formula is C27H42N6O5. The smallest absolute Gasteiger partial charge is 0.246 e. The zero-order valence-corrected chi connectivity index (χ0v) is 22.4. The van der Waals surface area contributed by atoms with Gasteiger partial charge in [-0.25, -0.2) is 0 Å². The number of carbonyl (C=O) groups excluding carboxylic acids is 4. The van der Waals surface area contributed by atoms with Crippen LogP contribution < -0.4 is 32.2 Å². The highest BCUT2D eigenvalue weighted by atomic mass is 16.5. The number of nitrogens with zero attached hydrogens (tertiary/aromatic N) is 1. The van der Waals surface area contributed by atoms with Gasteiger partial charge in [0.2, 0.25) is 23.6 Å². The molecule has 4 amide bonds. The standard InChI is InChI=1S/C27H42N6O5/c1-3-21(29)25(35)32-24-18(13-15-30-23(34)16-28)6-7-19-8-11-22(33(19)27(24)37)26(36)31-14-12-17-4-9-20(38-2)10-5-17/h4-5,9-10,18-19,21-22,24H,3,6-8,11-16,28-29H2,1-2H3,(H,30,34)(H,31,36)(H,32,35)/t18-,19+,21+,22+,24+/m1/s1. The fourth-order valence-corrected chi connectivity index (χ4v) is 5.34. The summed E-state index contributed by atoms with van der Waals surface area (Å²) in [5.41, 5.74) is 12.4. The average Bonchev–Trinajstić information content (AvgIpc) is 3.32. The Balaban J connectivity index is 1.68. The monoisotopic (exact) mass is 530 g/mol. The lowest BCUT2D eigenvalue weighted by atomic mass is 9.90. The summed E-state index contributed by atoms with van der Waals surface area (Å²) < 4.78 is 5.18. The van der Waals surface area contributed by atoms with E-state index in [2.05, 4.69) is 16.0 Å². The van der Waals surface area contributed by atoms with Gasteiger partial charge in [0.25, 0.3) is 0 Å². The van der Waals surface area contributed by atoms with Gasteiger partial charge in [-0.3, -0.25) is 19.2 Å². The molecule has 0 aromatic heterocycles. The largest absolute Gasteiger partial charge is 0.497 e. The lowest BCUT2D eigenvalue weighted by molar-refractivity contribution is -0.143. The number of hydrogen-bond donors (Lipinski definition) is 5. The van der Waals surface area contributed by atoms with E-state index in [1.54, 1.807) is 12.0 Å². The van der Waals surface area contributed by atoms with Gasteiger partial charge in [0.05, 0.1) is 19.7 Å². The molecule has 2 aliphatic rings. The average molecular weight is 531 g/mol. The Morgan fingerprint density at radius 2 is 1.79 bits per heavy atom. The first kappa shape index (κ1) is 29.4. The molecule has 0 spiro atoms. The number of nitrogens with one attached hydrogen (secondary N) is 3. The van der Waals surface area contributed by atoms with Crippen molar-refractivity contribution in [1.82, 2.24) is 20.9 Å². The molecule has 2 aliphatic heterocycles. The Morgan fingerprint density at radius 1 is 1.08 bits per heavy atom. The highest BCUT2D eigenvalue weighted by Gasteiger charge is 2.47. The fourth-order valence-electron chi connectivity index (χ4n) is 5.34. The van der Waals surface area contributed by atoms with E-state index < -0.39 is 18.1 Å². The predicted octanol–water partition coefficient (Wildman–Crippen LogP) is -0.189. The summed E-state index contributed by atoms with van der Waals surface area (Å²) in [5.74, 6) is -0.523. The molecular weight excluding hydrogens is 488 g/mol. The lowest BCUT2D eigenvalue weighted by Gasteiger charge is -2.32. The van der Waals surface area contributed by atoms with Gasteiger partial charge in [0.1, 0.15) is 17.8 Å². The van der Waals surface area contributed by atoms with Crippen LogP contribution in [0.1, 0.15) is 51.0 Å². The van der Waals surface area contributed by atoms with Gasteiger partial charge in [-0.05, 0) is 68.6 Å². The molecule has 2 saturated heterocycles. The van der Waals surface area contributed by atoms with E-state index >= 15 is 0 Å². The third-order valence-electron chi connectivity index (χ3n) is 7.64. The second-order valence-corrected chi connectivity index (χ2v) is 10.1.